The average Bonchev–Trinajstić information content (AvgIpc) is 2.02. The summed E-state index contributed by atoms with van der Waals surface area (Å²) in [7, 11) is 1.54. The van der Waals surface area contributed by atoms with E-state index >= 15 is 0 Å². The van der Waals surface area contributed by atoms with E-state index in [-0.39, 0.29) is 19.1 Å². The van der Waals surface area contributed by atoms with Crippen LogP contribution in [0.4, 0.5) is 0 Å². The third-order valence-corrected chi connectivity index (χ3v) is 1.91. The summed E-state index contributed by atoms with van der Waals surface area (Å²) < 4.78 is 9.83. The second kappa shape index (κ2) is 6.86. The van der Waals surface area contributed by atoms with Crippen molar-refractivity contribution in [3.8, 4) is 0 Å². The number of aliphatic carboxylic acids is 1. The summed E-state index contributed by atoms with van der Waals surface area (Å²) in [4.78, 5) is 10.5. The molecular weight excluding hydrogens is 172 g/mol. The molecule has 1 N–H and O–H groups in total. The normalized spacial score (nSPS) is 13.2. The molecule has 0 bridgehead atoms. The predicted molar refractivity (Wildman–Crippen MR) is 48.4 cm³/mol. The molecule has 0 aromatic rings. The highest BCUT2D eigenvalue weighted by molar-refractivity contribution is 5.67. The van der Waals surface area contributed by atoms with Crippen molar-refractivity contribution in [1.29, 1.82) is 0 Å². The Morgan fingerprint density at radius 1 is 1.46 bits per heavy atom. The van der Waals surface area contributed by atoms with Crippen LogP contribution in [0.3, 0.4) is 0 Å². The second-order valence-corrected chi connectivity index (χ2v) is 3.38. The van der Waals surface area contributed by atoms with E-state index in [9.17, 15) is 4.79 Å². The first-order valence-corrected chi connectivity index (χ1v) is 4.36. The lowest BCUT2D eigenvalue weighted by atomic mass is 9.93. The van der Waals surface area contributed by atoms with Gasteiger partial charge in [-0.2, -0.15) is 0 Å². The fourth-order valence-electron chi connectivity index (χ4n) is 0.994. The number of carbonyl (C=O) groups is 1. The minimum absolute atomic E-state index is 0.0626. The van der Waals surface area contributed by atoms with Gasteiger partial charge in [0.05, 0.1) is 13.0 Å². The third-order valence-electron chi connectivity index (χ3n) is 1.91. The maximum absolute atomic E-state index is 10.5. The molecule has 0 aromatic carbocycles. The van der Waals surface area contributed by atoms with Gasteiger partial charge in [-0.3, -0.25) is 4.79 Å². The third kappa shape index (κ3) is 6.54. The summed E-state index contributed by atoms with van der Waals surface area (Å²) in [6, 6.07) is 0. The largest absolute Gasteiger partial charge is 0.481 e. The lowest BCUT2D eigenvalue weighted by Crippen LogP contribution is -2.20. The van der Waals surface area contributed by atoms with Gasteiger partial charge in [-0.25, -0.2) is 0 Å². The number of carboxylic acid groups (broad SMARTS) is 1. The van der Waals surface area contributed by atoms with Crippen LogP contribution in [0.2, 0.25) is 0 Å². The molecule has 0 heterocycles. The van der Waals surface area contributed by atoms with Gasteiger partial charge in [0.2, 0.25) is 0 Å². The van der Waals surface area contributed by atoms with E-state index in [1.165, 1.54) is 0 Å². The molecule has 0 aliphatic carbocycles. The van der Waals surface area contributed by atoms with Crippen LogP contribution < -0.4 is 0 Å². The number of carboxylic acids is 1. The Kier molecular flexibility index (Phi) is 6.54. The molecule has 0 rings (SSSR count). The van der Waals surface area contributed by atoms with Crippen molar-refractivity contribution in [2.24, 2.45) is 11.8 Å². The number of hydrogen-bond acceptors (Lipinski definition) is 3. The van der Waals surface area contributed by atoms with Gasteiger partial charge in [-0.15, -0.1) is 0 Å². The van der Waals surface area contributed by atoms with Gasteiger partial charge in [-0.05, 0) is 11.8 Å². The molecule has 0 fully saturated rings. The van der Waals surface area contributed by atoms with E-state index in [4.69, 9.17) is 14.6 Å². The van der Waals surface area contributed by atoms with Crippen molar-refractivity contribution >= 4 is 5.97 Å². The second-order valence-electron chi connectivity index (χ2n) is 3.38. The molecule has 4 heteroatoms. The van der Waals surface area contributed by atoms with Crippen molar-refractivity contribution in [3.05, 3.63) is 0 Å². The van der Waals surface area contributed by atoms with Gasteiger partial charge in [0.15, 0.2) is 0 Å². The first kappa shape index (κ1) is 12.4. The van der Waals surface area contributed by atoms with Gasteiger partial charge in [0.1, 0.15) is 6.79 Å². The van der Waals surface area contributed by atoms with Crippen molar-refractivity contribution in [3.63, 3.8) is 0 Å². The van der Waals surface area contributed by atoms with Crippen LogP contribution >= 0.6 is 0 Å². The SMILES string of the molecule is COCOCC(CC(=O)O)C(C)C. The lowest BCUT2D eigenvalue weighted by Gasteiger charge is -2.18. The van der Waals surface area contributed by atoms with Crippen LogP contribution in [-0.4, -0.2) is 31.6 Å². The van der Waals surface area contributed by atoms with Gasteiger partial charge in [-0.1, -0.05) is 13.8 Å². The highest BCUT2D eigenvalue weighted by Crippen LogP contribution is 2.15. The maximum atomic E-state index is 10.5. The molecule has 1 atom stereocenters. The Morgan fingerprint density at radius 3 is 2.46 bits per heavy atom. The number of hydrogen-bond donors (Lipinski definition) is 1. The molecular formula is C9H18O4. The van der Waals surface area contributed by atoms with Crippen LogP contribution in [0.15, 0.2) is 0 Å². The molecule has 0 radical (unpaired) electrons. The summed E-state index contributed by atoms with van der Waals surface area (Å²) in [5.74, 6) is -0.402. The van der Waals surface area contributed by atoms with E-state index in [0.29, 0.717) is 12.5 Å². The van der Waals surface area contributed by atoms with Crippen LogP contribution in [0.25, 0.3) is 0 Å². The molecule has 0 spiro atoms. The van der Waals surface area contributed by atoms with Gasteiger partial charge >= 0.3 is 5.97 Å². The Balaban J connectivity index is 3.74. The van der Waals surface area contributed by atoms with Crippen LogP contribution in [0.1, 0.15) is 20.3 Å². The number of methoxy groups -OCH3 is 1. The quantitative estimate of drug-likeness (QED) is 0.486. The zero-order valence-electron chi connectivity index (χ0n) is 8.45. The van der Waals surface area contributed by atoms with E-state index < -0.39 is 5.97 Å². The van der Waals surface area contributed by atoms with Crippen molar-refractivity contribution in [2.45, 2.75) is 20.3 Å². The molecule has 1 unspecified atom stereocenters. The first-order chi connectivity index (χ1) is 6.07. The molecule has 0 aromatic heterocycles. The highest BCUT2D eigenvalue weighted by atomic mass is 16.7. The summed E-state index contributed by atoms with van der Waals surface area (Å²) in [6.45, 7) is 4.65. The molecule has 0 saturated heterocycles. The van der Waals surface area contributed by atoms with E-state index in [1.807, 2.05) is 13.8 Å². The fourth-order valence-corrected chi connectivity index (χ4v) is 0.994. The van der Waals surface area contributed by atoms with Gasteiger partial charge in [0.25, 0.3) is 0 Å². The monoisotopic (exact) mass is 190 g/mol. The average molecular weight is 190 g/mol. The summed E-state index contributed by atoms with van der Waals surface area (Å²) in [5, 5.41) is 8.60. The van der Waals surface area contributed by atoms with Crippen molar-refractivity contribution in [2.75, 3.05) is 20.5 Å². The number of rotatable bonds is 7. The zero-order valence-corrected chi connectivity index (χ0v) is 8.45. The zero-order chi connectivity index (χ0) is 10.3. The molecule has 13 heavy (non-hydrogen) atoms. The van der Waals surface area contributed by atoms with Crippen LogP contribution in [-0.2, 0) is 14.3 Å². The molecule has 0 aliphatic heterocycles. The Hall–Kier alpha value is -0.610. The first-order valence-electron chi connectivity index (χ1n) is 4.36. The Morgan fingerprint density at radius 2 is 2.08 bits per heavy atom. The standard InChI is InChI=1S/C9H18O4/c1-7(2)8(4-9(10)11)5-13-6-12-3/h7-8H,4-6H2,1-3H3,(H,10,11). The van der Waals surface area contributed by atoms with Crippen LogP contribution in [0.5, 0.6) is 0 Å². The lowest BCUT2D eigenvalue weighted by molar-refractivity contribution is -0.139. The molecule has 78 valence electrons. The van der Waals surface area contributed by atoms with Crippen LogP contribution in [0, 0.1) is 11.8 Å². The molecule has 4 nitrogen and oxygen atoms in total. The predicted octanol–water partition coefficient (Wildman–Crippen LogP) is 1.35. The Labute approximate surface area is 78.8 Å². The minimum atomic E-state index is -0.778. The van der Waals surface area contributed by atoms with Gasteiger partial charge in [0, 0.05) is 7.11 Å². The summed E-state index contributed by atoms with van der Waals surface area (Å²) >= 11 is 0. The summed E-state index contributed by atoms with van der Waals surface area (Å²) in [5.41, 5.74) is 0. The maximum Gasteiger partial charge on any atom is 0.303 e. The van der Waals surface area contributed by atoms with Crippen molar-refractivity contribution < 1.29 is 19.4 Å². The molecule has 0 saturated carbocycles. The topological polar surface area (TPSA) is 55.8 Å². The fraction of sp³-hybridized carbons (Fsp3) is 0.889. The van der Waals surface area contributed by atoms with Crippen molar-refractivity contribution in [1.82, 2.24) is 0 Å². The summed E-state index contributed by atoms with van der Waals surface area (Å²) in [6.07, 6.45) is 0.154. The smallest absolute Gasteiger partial charge is 0.303 e. The number of ether oxygens (including phenoxy) is 2. The molecule has 0 amide bonds. The van der Waals surface area contributed by atoms with E-state index in [2.05, 4.69) is 0 Å². The molecule has 0 aliphatic rings. The van der Waals surface area contributed by atoms with E-state index in [0.717, 1.165) is 0 Å². The van der Waals surface area contributed by atoms with Gasteiger partial charge < -0.3 is 14.6 Å². The van der Waals surface area contributed by atoms with E-state index in [1.54, 1.807) is 7.11 Å². The minimum Gasteiger partial charge on any atom is -0.481 e. The Bertz CT molecular complexity index is 145. The highest BCUT2D eigenvalue weighted by Gasteiger charge is 2.16.